The summed E-state index contributed by atoms with van der Waals surface area (Å²) in [6.07, 6.45) is 1.81. The van der Waals surface area contributed by atoms with E-state index in [1.165, 1.54) is 31.0 Å². The second kappa shape index (κ2) is 7.64. The first-order valence-electron chi connectivity index (χ1n) is 6.79. The van der Waals surface area contributed by atoms with Crippen LogP contribution in [0.25, 0.3) is 0 Å². The topological polar surface area (TPSA) is 81.5 Å². The number of benzene rings is 2. The molecule has 2 aromatic carbocycles. The number of carbonyl (C=O) groups excluding carboxylic acids is 1. The molecule has 0 aromatic heterocycles. The third-order valence-electron chi connectivity index (χ3n) is 3.24. The first-order chi connectivity index (χ1) is 11.1. The number of thioether (sulfide) groups is 1. The summed E-state index contributed by atoms with van der Waals surface area (Å²) in [5, 5.41) is 13.9. The van der Waals surface area contributed by atoms with E-state index in [0.717, 1.165) is 5.56 Å². The molecule has 0 radical (unpaired) electrons. The molecule has 0 aliphatic carbocycles. The zero-order valence-corrected chi connectivity index (χ0v) is 13.6. The van der Waals surface area contributed by atoms with Gasteiger partial charge in [0.25, 0.3) is 11.6 Å². The lowest BCUT2D eigenvalue weighted by molar-refractivity contribution is -0.385. The van der Waals surface area contributed by atoms with Gasteiger partial charge < -0.3 is 10.1 Å². The van der Waals surface area contributed by atoms with Gasteiger partial charge in [0.15, 0.2) is 0 Å². The van der Waals surface area contributed by atoms with Crippen LogP contribution in [0.5, 0.6) is 5.75 Å². The minimum Gasteiger partial charge on any atom is -0.495 e. The molecule has 0 unspecified atom stereocenters. The van der Waals surface area contributed by atoms with Crippen molar-refractivity contribution in [2.45, 2.75) is 11.4 Å². The van der Waals surface area contributed by atoms with Gasteiger partial charge in [-0.1, -0.05) is 30.3 Å². The molecule has 2 rings (SSSR count). The number of carbonyl (C=O) groups is 1. The third kappa shape index (κ3) is 4.01. The number of rotatable bonds is 6. The normalized spacial score (nSPS) is 10.2. The predicted octanol–water partition coefficient (Wildman–Crippen LogP) is 3.26. The SMILES string of the molecule is COc1cc([N+](=O)[O-])c(C(=O)NCc2ccccc2)cc1SC. The molecule has 1 N–H and O–H groups in total. The van der Waals surface area contributed by atoms with E-state index in [0.29, 0.717) is 17.2 Å². The number of nitrogens with one attached hydrogen (secondary N) is 1. The summed E-state index contributed by atoms with van der Waals surface area (Å²) in [7, 11) is 1.44. The van der Waals surface area contributed by atoms with Crippen molar-refractivity contribution in [1.82, 2.24) is 5.32 Å². The van der Waals surface area contributed by atoms with Gasteiger partial charge in [0.05, 0.1) is 23.0 Å². The molecule has 7 heteroatoms. The lowest BCUT2D eigenvalue weighted by Crippen LogP contribution is -2.23. The Morgan fingerprint density at radius 2 is 2.00 bits per heavy atom. The van der Waals surface area contributed by atoms with Crippen LogP contribution >= 0.6 is 11.8 Å². The maximum Gasteiger partial charge on any atom is 0.285 e. The number of nitrogens with zero attached hydrogens (tertiary/aromatic N) is 1. The summed E-state index contributed by atoms with van der Waals surface area (Å²) in [5.41, 5.74) is 0.670. The number of amides is 1. The molecule has 23 heavy (non-hydrogen) atoms. The lowest BCUT2D eigenvalue weighted by Gasteiger charge is -2.10. The fraction of sp³-hybridized carbons (Fsp3) is 0.188. The van der Waals surface area contributed by atoms with Gasteiger partial charge in [-0.25, -0.2) is 0 Å². The van der Waals surface area contributed by atoms with Gasteiger partial charge >= 0.3 is 0 Å². The highest BCUT2D eigenvalue weighted by Crippen LogP contribution is 2.34. The average Bonchev–Trinajstić information content (AvgIpc) is 2.59. The molecular formula is C16H16N2O4S. The Bertz CT molecular complexity index is 720. The standard InChI is InChI=1S/C16H16N2O4S/c1-22-14-9-13(18(20)21)12(8-15(14)23-2)16(19)17-10-11-6-4-3-5-7-11/h3-9H,10H2,1-2H3,(H,17,19). The summed E-state index contributed by atoms with van der Waals surface area (Å²) in [4.78, 5) is 23.7. The van der Waals surface area contributed by atoms with Crippen molar-refractivity contribution in [2.75, 3.05) is 13.4 Å². The summed E-state index contributed by atoms with van der Waals surface area (Å²) < 4.78 is 5.13. The highest BCUT2D eigenvalue weighted by Gasteiger charge is 2.23. The van der Waals surface area contributed by atoms with E-state index in [1.54, 1.807) is 0 Å². The molecule has 0 heterocycles. The smallest absolute Gasteiger partial charge is 0.285 e. The van der Waals surface area contributed by atoms with Crippen LogP contribution in [-0.4, -0.2) is 24.2 Å². The highest BCUT2D eigenvalue weighted by molar-refractivity contribution is 7.98. The van der Waals surface area contributed by atoms with Crippen LogP contribution in [0, 0.1) is 10.1 Å². The monoisotopic (exact) mass is 332 g/mol. The molecule has 0 aliphatic rings. The van der Waals surface area contributed by atoms with Crippen molar-refractivity contribution >= 4 is 23.4 Å². The maximum absolute atomic E-state index is 12.3. The van der Waals surface area contributed by atoms with Crippen LogP contribution in [-0.2, 0) is 6.54 Å². The second-order valence-corrected chi connectivity index (χ2v) is 5.50. The molecule has 0 atom stereocenters. The Labute approximate surface area is 138 Å². The molecule has 120 valence electrons. The second-order valence-electron chi connectivity index (χ2n) is 4.65. The minimum atomic E-state index is -0.579. The molecule has 1 amide bonds. The molecule has 0 aliphatic heterocycles. The van der Waals surface area contributed by atoms with E-state index in [9.17, 15) is 14.9 Å². The van der Waals surface area contributed by atoms with Crippen LogP contribution in [0.1, 0.15) is 15.9 Å². The Hall–Kier alpha value is -2.54. The van der Waals surface area contributed by atoms with Crippen molar-refractivity contribution in [1.29, 1.82) is 0 Å². The molecule has 0 fully saturated rings. The molecule has 0 spiro atoms. The van der Waals surface area contributed by atoms with E-state index in [2.05, 4.69) is 5.32 Å². The molecule has 6 nitrogen and oxygen atoms in total. The summed E-state index contributed by atoms with van der Waals surface area (Å²) in [5.74, 6) is -0.109. The fourth-order valence-corrected chi connectivity index (χ4v) is 2.65. The quantitative estimate of drug-likeness (QED) is 0.499. The van der Waals surface area contributed by atoms with Crippen LogP contribution in [0.2, 0.25) is 0 Å². The largest absolute Gasteiger partial charge is 0.495 e. The fourth-order valence-electron chi connectivity index (χ4n) is 2.07. The molecule has 0 saturated carbocycles. The number of ether oxygens (including phenoxy) is 1. The number of hydrogen-bond acceptors (Lipinski definition) is 5. The van der Waals surface area contributed by atoms with Gasteiger partial charge in [-0.15, -0.1) is 11.8 Å². The van der Waals surface area contributed by atoms with Crippen molar-refractivity contribution in [2.24, 2.45) is 0 Å². The summed E-state index contributed by atoms with van der Waals surface area (Å²) >= 11 is 1.36. The van der Waals surface area contributed by atoms with E-state index < -0.39 is 10.8 Å². The molecule has 2 aromatic rings. The third-order valence-corrected chi connectivity index (χ3v) is 4.00. The zero-order chi connectivity index (χ0) is 16.8. The van der Waals surface area contributed by atoms with Gasteiger partial charge in [0.1, 0.15) is 11.3 Å². The van der Waals surface area contributed by atoms with Crippen LogP contribution in [0.3, 0.4) is 0 Å². The Balaban J connectivity index is 2.29. The summed E-state index contributed by atoms with van der Waals surface area (Å²) in [6.45, 7) is 0.303. The zero-order valence-electron chi connectivity index (χ0n) is 12.7. The van der Waals surface area contributed by atoms with Crippen molar-refractivity contribution in [3.05, 3.63) is 63.7 Å². The Morgan fingerprint density at radius 3 is 2.57 bits per heavy atom. The number of methoxy groups -OCH3 is 1. The Kier molecular flexibility index (Phi) is 5.59. The lowest BCUT2D eigenvalue weighted by atomic mass is 10.1. The van der Waals surface area contributed by atoms with Gasteiger partial charge in [0, 0.05) is 6.54 Å². The van der Waals surface area contributed by atoms with Crippen molar-refractivity contribution in [3.63, 3.8) is 0 Å². The summed E-state index contributed by atoms with van der Waals surface area (Å²) in [6, 6.07) is 12.1. The number of nitro groups is 1. The molecular weight excluding hydrogens is 316 g/mol. The van der Waals surface area contributed by atoms with E-state index in [1.807, 2.05) is 36.6 Å². The first-order valence-corrected chi connectivity index (χ1v) is 8.01. The van der Waals surface area contributed by atoms with Crippen LogP contribution in [0.4, 0.5) is 5.69 Å². The van der Waals surface area contributed by atoms with Crippen molar-refractivity contribution < 1.29 is 14.5 Å². The van der Waals surface area contributed by atoms with Gasteiger partial charge in [-0.3, -0.25) is 14.9 Å². The molecule has 0 bridgehead atoms. The maximum atomic E-state index is 12.3. The average molecular weight is 332 g/mol. The van der Waals surface area contributed by atoms with Gasteiger partial charge in [0.2, 0.25) is 0 Å². The minimum absolute atomic E-state index is 0.0241. The number of hydrogen-bond donors (Lipinski definition) is 1. The van der Waals surface area contributed by atoms with Crippen molar-refractivity contribution in [3.8, 4) is 5.75 Å². The highest BCUT2D eigenvalue weighted by atomic mass is 32.2. The molecule has 0 saturated heterocycles. The number of nitro benzene ring substituents is 1. The van der Waals surface area contributed by atoms with E-state index in [4.69, 9.17) is 4.74 Å². The Morgan fingerprint density at radius 1 is 1.30 bits per heavy atom. The van der Waals surface area contributed by atoms with E-state index >= 15 is 0 Å². The van der Waals surface area contributed by atoms with Gasteiger partial charge in [-0.05, 0) is 17.9 Å². The van der Waals surface area contributed by atoms with E-state index in [-0.39, 0.29) is 11.3 Å². The van der Waals surface area contributed by atoms with Crippen LogP contribution < -0.4 is 10.1 Å². The van der Waals surface area contributed by atoms with Gasteiger partial charge in [-0.2, -0.15) is 0 Å². The first kappa shape index (κ1) is 16.8. The van der Waals surface area contributed by atoms with Crippen LogP contribution in [0.15, 0.2) is 47.4 Å². The predicted molar refractivity (Wildman–Crippen MR) is 89.0 cm³/mol.